The smallest absolute Gasteiger partial charge is 0.261 e. The molecule has 1 heterocycles. The Hall–Kier alpha value is -3.52. The van der Waals surface area contributed by atoms with E-state index in [2.05, 4.69) is 4.72 Å². The van der Waals surface area contributed by atoms with Gasteiger partial charge < -0.3 is 14.4 Å². The van der Waals surface area contributed by atoms with Crippen LogP contribution in [0.1, 0.15) is 28.4 Å². The number of rotatable bonds is 5. The monoisotopic (exact) mass is 452 g/mol. The van der Waals surface area contributed by atoms with Gasteiger partial charge in [0.25, 0.3) is 15.9 Å². The first-order valence-corrected chi connectivity index (χ1v) is 11.7. The van der Waals surface area contributed by atoms with Crippen LogP contribution in [-0.2, 0) is 10.0 Å². The molecule has 0 saturated heterocycles. The molecule has 4 rings (SSSR count). The molecule has 1 amide bonds. The van der Waals surface area contributed by atoms with Gasteiger partial charge in [-0.3, -0.25) is 9.52 Å². The van der Waals surface area contributed by atoms with E-state index in [-0.39, 0.29) is 22.1 Å². The Kier molecular flexibility index (Phi) is 5.56. The molecule has 1 aliphatic rings. The number of hydrogen-bond donors (Lipinski definition) is 1. The van der Waals surface area contributed by atoms with Crippen LogP contribution in [0.15, 0.2) is 59.5 Å². The summed E-state index contributed by atoms with van der Waals surface area (Å²) in [5.74, 6) is 1.30. The predicted octanol–water partition coefficient (Wildman–Crippen LogP) is 4.89. The van der Waals surface area contributed by atoms with E-state index < -0.39 is 10.0 Å². The third-order valence-electron chi connectivity index (χ3n) is 5.25. The second kappa shape index (κ2) is 8.20. The van der Waals surface area contributed by atoms with E-state index in [0.717, 1.165) is 11.1 Å². The number of aryl methyl sites for hydroxylation is 2. The number of sulfonamides is 1. The Balaban J connectivity index is 1.68. The number of hydrogen-bond acceptors (Lipinski definition) is 5. The molecular weight excluding hydrogens is 428 g/mol. The minimum atomic E-state index is -3.88. The zero-order valence-electron chi connectivity index (χ0n) is 18.3. The molecule has 3 aromatic carbocycles. The third-order valence-corrected chi connectivity index (χ3v) is 6.61. The van der Waals surface area contributed by atoms with Gasteiger partial charge >= 0.3 is 0 Å². The summed E-state index contributed by atoms with van der Waals surface area (Å²) in [6, 6.07) is 15.0. The number of carbonyl (C=O) groups excluding carboxylic acids is 1. The van der Waals surface area contributed by atoms with Gasteiger partial charge in [-0.05, 0) is 74.4 Å². The fourth-order valence-corrected chi connectivity index (χ4v) is 4.95. The van der Waals surface area contributed by atoms with Crippen LogP contribution in [0, 0.1) is 13.8 Å². The Bertz CT molecular complexity index is 1290. The van der Waals surface area contributed by atoms with Gasteiger partial charge in [-0.15, -0.1) is 0 Å². The number of amides is 1. The maximum atomic E-state index is 13.1. The lowest BCUT2D eigenvalue weighted by molar-refractivity contribution is 0.0993. The van der Waals surface area contributed by atoms with Crippen LogP contribution in [0.4, 0.5) is 11.4 Å². The average molecular weight is 453 g/mol. The number of para-hydroxylation sites is 2. The lowest BCUT2D eigenvalue weighted by atomic mass is 10.1. The van der Waals surface area contributed by atoms with Crippen molar-refractivity contribution in [3.8, 4) is 17.2 Å². The third kappa shape index (κ3) is 3.89. The summed E-state index contributed by atoms with van der Waals surface area (Å²) in [4.78, 5) is 14.6. The minimum absolute atomic E-state index is 0.123. The highest BCUT2D eigenvalue weighted by molar-refractivity contribution is 7.92. The van der Waals surface area contributed by atoms with Crippen molar-refractivity contribution in [2.75, 3.05) is 23.3 Å². The number of nitrogens with zero attached hydrogens (tertiary/aromatic N) is 1. The van der Waals surface area contributed by atoms with E-state index in [1.807, 2.05) is 32.9 Å². The summed E-state index contributed by atoms with van der Waals surface area (Å²) in [5.41, 5.74) is 2.64. The quantitative estimate of drug-likeness (QED) is 0.596. The molecule has 0 unspecified atom stereocenters. The van der Waals surface area contributed by atoms with Crippen molar-refractivity contribution in [3.05, 3.63) is 71.3 Å². The van der Waals surface area contributed by atoms with Crippen molar-refractivity contribution in [2.45, 2.75) is 25.7 Å². The molecular formula is C24H24N2O5S. The molecule has 3 aromatic rings. The molecule has 0 radical (unpaired) electrons. The molecule has 32 heavy (non-hydrogen) atoms. The van der Waals surface area contributed by atoms with Crippen molar-refractivity contribution in [2.24, 2.45) is 0 Å². The van der Waals surface area contributed by atoms with Gasteiger partial charge in [0.1, 0.15) is 11.5 Å². The lowest BCUT2D eigenvalue weighted by Gasteiger charge is -2.16. The highest BCUT2D eigenvalue weighted by Crippen LogP contribution is 2.39. The number of anilines is 2. The normalized spacial score (nSPS) is 13.0. The summed E-state index contributed by atoms with van der Waals surface area (Å²) in [5, 5.41) is 0. The Morgan fingerprint density at radius 1 is 1.00 bits per heavy atom. The van der Waals surface area contributed by atoms with Gasteiger partial charge in [-0.25, -0.2) is 8.42 Å². The summed E-state index contributed by atoms with van der Waals surface area (Å²) >= 11 is 0. The van der Waals surface area contributed by atoms with Crippen molar-refractivity contribution in [1.82, 2.24) is 0 Å². The molecule has 166 valence electrons. The highest BCUT2D eigenvalue weighted by Gasteiger charge is 2.26. The van der Waals surface area contributed by atoms with Gasteiger partial charge in [-0.2, -0.15) is 0 Å². The molecule has 8 heteroatoms. The molecule has 0 fully saturated rings. The number of benzene rings is 3. The van der Waals surface area contributed by atoms with E-state index in [1.165, 1.54) is 11.0 Å². The second-order valence-corrected chi connectivity index (χ2v) is 9.25. The van der Waals surface area contributed by atoms with Gasteiger partial charge in [0.15, 0.2) is 5.75 Å². The van der Waals surface area contributed by atoms with Crippen molar-refractivity contribution in [1.29, 1.82) is 0 Å². The molecule has 0 saturated carbocycles. The standard InChI is InChI=1S/C24H24N2O5S/c1-5-30-23-15(2)12-18(13-16(23)3)32(28,29)25-17-10-11-21-19(14-17)24(27)26(4)20-8-6-7-9-22(20)31-21/h6-14,25H,5H2,1-4H3. The largest absolute Gasteiger partial charge is 0.493 e. The number of carbonyl (C=O) groups is 1. The Morgan fingerprint density at radius 3 is 2.38 bits per heavy atom. The molecule has 0 spiro atoms. The number of nitrogens with one attached hydrogen (secondary N) is 1. The number of ether oxygens (including phenoxy) is 2. The SMILES string of the molecule is CCOc1c(C)cc(S(=O)(=O)Nc2ccc3c(c2)C(=O)N(C)c2ccccc2O3)cc1C. The molecule has 0 bridgehead atoms. The molecule has 7 nitrogen and oxygen atoms in total. The fourth-order valence-electron chi connectivity index (χ4n) is 3.73. The maximum absolute atomic E-state index is 13.1. The second-order valence-electron chi connectivity index (χ2n) is 7.57. The zero-order chi connectivity index (χ0) is 23.0. The summed E-state index contributed by atoms with van der Waals surface area (Å²) in [6.07, 6.45) is 0. The van der Waals surface area contributed by atoms with E-state index in [9.17, 15) is 13.2 Å². The topological polar surface area (TPSA) is 84.9 Å². The molecule has 0 aliphatic carbocycles. The highest BCUT2D eigenvalue weighted by atomic mass is 32.2. The first kappa shape index (κ1) is 21.7. The molecule has 0 atom stereocenters. The van der Waals surface area contributed by atoms with Crippen LogP contribution in [0.2, 0.25) is 0 Å². The summed E-state index contributed by atoms with van der Waals surface area (Å²) in [7, 11) is -2.23. The van der Waals surface area contributed by atoms with Crippen LogP contribution in [0.25, 0.3) is 0 Å². The molecule has 1 aliphatic heterocycles. The molecule has 1 N–H and O–H groups in total. The van der Waals surface area contributed by atoms with Crippen LogP contribution < -0.4 is 19.1 Å². The van der Waals surface area contributed by atoms with Gasteiger partial charge in [0.05, 0.1) is 22.8 Å². The van der Waals surface area contributed by atoms with E-state index in [4.69, 9.17) is 9.47 Å². The number of fused-ring (bicyclic) bond motifs is 2. The first-order valence-electron chi connectivity index (χ1n) is 10.2. The first-order chi connectivity index (χ1) is 15.2. The van der Waals surface area contributed by atoms with Crippen molar-refractivity contribution < 1.29 is 22.7 Å². The summed E-state index contributed by atoms with van der Waals surface area (Å²) < 4.78 is 40.2. The summed E-state index contributed by atoms with van der Waals surface area (Å²) in [6.45, 7) is 5.99. The van der Waals surface area contributed by atoms with Crippen LogP contribution >= 0.6 is 0 Å². The van der Waals surface area contributed by atoms with Crippen LogP contribution in [-0.4, -0.2) is 28.0 Å². The van der Waals surface area contributed by atoms with Gasteiger partial charge in [0, 0.05) is 12.7 Å². The van der Waals surface area contributed by atoms with E-state index in [0.29, 0.717) is 29.5 Å². The van der Waals surface area contributed by atoms with E-state index >= 15 is 0 Å². The van der Waals surface area contributed by atoms with Crippen molar-refractivity contribution in [3.63, 3.8) is 0 Å². The van der Waals surface area contributed by atoms with Crippen molar-refractivity contribution >= 4 is 27.3 Å². The Morgan fingerprint density at radius 2 is 1.69 bits per heavy atom. The molecule has 0 aromatic heterocycles. The predicted molar refractivity (Wildman–Crippen MR) is 124 cm³/mol. The van der Waals surface area contributed by atoms with Crippen LogP contribution in [0.3, 0.4) is 0 Å². The van der Waals surface area contributed by atoms with E-state index in [1.54, 1.807) is 43.4 Å². The van der Waals surface area contributed by atoms with Crippen LogP contribution in [0.5, 0.6) is 17.2 Å². The maximum Gasteiger partial charge on any atom is 0.261 e. The minimum Gasteiger partial charge on any atom is -0.493 e. The Labute approximate surface area is 187 Å². The zero-order valence-corrected chi connectivity index (χ0v) is 19.1. The average Bonchev–Trinajstić information content (AvgIpc) is 2.85. The van der Waals surface area contributed by atoms with Gasteiger partial charge in [-0.1, -0.05) is 12.1 Å². The fraction of sp³-hybridized carbons (Fsp3) is 0.208. The lowest BCUT2D eigenvalue weighted by Crippen LogP contribution is -2.25. The van der Waals surface area contributed by atoms with Gasteiger partial charge in [0.2, 0.25) is 0 Å².